The smallest absolute Gasteiger partial charge is 0.222 e. The fraction of sp³-hybridized carbons (Fsp3) is 0.650. The first-order chi connectivity index (χ1) is 11.1. The van der Waals surface area contributed by atoms with Crippen LogP contribution in [0.3, 0.4) is 0 Å². The average Bonchev–Trinajstić information content (AvgIpc) is 2.56. The number of carbonyl (C=O) groups excluding carboxylic acids is 1. The Morgan fingerprint density at radius 3 is 2.43 bits per heavy atom. The van der Waals surface area contributed by atoms with Crippen LogP contribution in [0.4, 0.5) is 5.69 Å². The van der Waals surface area contributed by atoms with Crippen LogP contribution in [0.25, 0.3) is 0 Å². The zero-order valence-corrected chi connectivity index (χ0v) is 15.1. The summed E-state index contributed by atoms with van der Waals surface area (Å²) in [6.45, 7) is 7.40. The van der Waals surface area contributed by atoms with Crippen LogP contribution < -0.4 is 4.90 Å². The summed E-state index contributed by atoms with van der Waals surface area (Å²) >= 11 is 0. The Labute approximate surface area is 141 Å². The van der Waals surface area contributed by atoms with Crippen LogP contribution in [0.2, 0.25) is 0 Å². The van der Waals surface area contributed by atoms with Crippen LogP contribution >= 0.6 is 0 Å². The van der Waals surface area contributed by atoms with Crippen molar-refractivity contribution in [1.82, 2.24) is 4.90 Å². The fourth-order valence-corrected chi connectivity index (χ4v) is 3.38. The molecule has 0 radical (unpaired) electrons. The lowest BCUT2D eigenvalue weighted by molar-refractivity contribution is -0.131. The molecule has 1 amide bonds. The molecule has 1 aromatic carbocycles. The summed E-state index contributed by atoms with van der Waals surface area (Å²) in [5.74, 6) is 0.738. The molecule has 1 unspecified atom stereocenters. The van der Waals surface area contributed by atoms with Gasteiger partial charge in [0, 0.05) is 38.8 Å². The highest BCUT2D eigenvalue weighted by molar-refractivity contribution is 5.76. The number of hydrogen-bond acceptors (Lipinski definition) is 2. The number of anilines is 1. The zero-order valence-electron chi connectivity index (χ0n) is 15.1. The number of benzene rings is 1. The first-order valence-corrected chi connectivity index (χ1v) is 9.18. The molecular weight excluding hydrogens is 284 g/mol. The molecule has 1 aromatic rings. The van der Waals surface area contributed by atoms with Crippen LogP contribution in [-0.4, -0.2) is 30.9 Å². The second kappa shape index (κ2) is 8.95. The van der Waals surface area contributed by atoms with Crippen LogP contribution in [0.5, 0.6) is 0 Å². The third-order valence-corrected chi connectivity index (χ3v) is 4.81. The minimum Gasteiger partial charge on any atom is -0.372 e. The van der Waals surface area contributed by atoms with Crippen LogP contribution in [0.15, 0.2) is 24.3 Å². The van der Waals surface area contributed by atoms with Crippen molar-refractivity contribution in [2.75, 3.05) is 25.0 Å². The zero-order chi connectivity index (χ0) is 16.7. The van der Waals surface area contributed by atoms with Gasteiger partial charge in [0.2, 0.25) is 5.91 Å². The van der Waals surface area contributed by atoms with Gasteiger partial charge in [-0.05, 0) is 42.9 Å². The molecule has 0 bridgehead atoms. The molecule has 128 valence electrons. The second-order valence-corrected chi connectivity index (χ2v) is 7.06. The monoisotopic (exact) mass is 316 g/mol. The van der Waals surface area contributed by atoms with Crippen molar-refractivity contribution in [2.45, 2.75) is 58.9 Å². The highest BCUT2D eigenvalue weighted by Crippen LogP contribution is 2.21. The normalized spacial score (nSPS) is 16.2. The van der Waals surface area contributed by atoms with Crippen LogP contribution in [-0.2, 0) is 11.3 Å². The average molecular weight is 316 g/mol. The van der Waals surface area contributed by atoms with Gasteiger partial charge < -0.3 is 9.80 Å². The van der Waals surface area contributed by atoms with Gasteiger partial charge in [0.1, 0.15) is 0 Å². The molecule has 1 saturated heterocycles. The third kappa shape index (κ3) is 5.56. The van der Waals surface area contributed by atoms with Gasteiger partial charge in [-0.3, -0.25) is 4.79 Å². The molecule has 0 spiro atoms. The Morgan fingerprint density at radius 2 is 1.83 bits per heavy atom. The Hall–Kier alpha value is -1.51. The van der Waals surface area contributed by atoms with E-state index in [-0.39, 0.29) is 5.91 Å². The molecule has 1 heterocycles. The SMILES string of the molecule is CCCC(C)CC(=O)N(C)Cc1ccc(N2CCCCC2)cc1. The molecule has 2 rings (SSSR count). The summed E-state index contributed by atoms with van der Waals surface area (Å²) in [7, 11) is 1.92. The summed E-state index contributed by atoms with van der Waals surface area (Å²) in [6.07, 6.45) is 6.90. The van der Waals surface area contributed by atoms with Gasteiger partial charge in [-0.1, -0.05) is 38.8 Å². The van der Waals surface area contributed by atoms with Crippen molar-refractivity contribution in [2.24, 2.45) is 5.92 Å². The minimum absolute atomic E-state index is 0.256. The number of rotatable bonds is 7. The molecule has 1 aliphatic rings. The molecule has 3 heteroatoms. The number of amides is 1. The number of carbonyl (C=O) groups is 1. The van der Waals surface area contributed by atoms with E-state index >= 15 is 0 Å². The van der Waals surface area contributed by atoms with E-state index < -0.39 is 0 Å². The van der Waals surface area contributed by atoms with E-state index in [2.05, 4.69) is 43.0 Å². The Kier molecular flexibility index (Phi) is 6.94. The Morgan fingerprint density at radius 1 is 1.17 bits per heavy atom. The topological polar surface area (TPSA) is 23.6 Å². The van der Waals surface area contributed by atoms with Gasteiger partial charge in [-0.15, -0.1) is 0 Å². The lowest BCUT2D eigenvalue weighted by Gasteiger charge is -2.29. The third-order valence-electron chi connectivity index (χ3n) is 4.81. The molecule has 0 aliphatic carbocycles. The maximum absolute atomic E-state index is 12.3. The molecule has 3 nitrogen and oxygen atoms in total. The van der Waals surface area contributed by atoms with Gasteiger partial charge >= 0.3 is 0 Å². The van der Waals surface area contributed by atoms with Gasteiger partial charge in [0.25, 0.3) is 0 Å². The lowest BCUT2D eigenvalue weighted by atomic mass is 10.0. The van der Waals surface area contributed by atoms with Crippen molar-refractivity contribution >= 4 is 11.6 Å². The molecule has 0 N–H and O–H groups in total. The van der Waals surface area contributed by atoms with E-state index in [4.69, 9.17) is 0 Å². The van der Waals surface area contributed by atoms with Gasteiger partial charge in [0.15, 0.2) is 0 Å². The van der Waals surface area contributed by atoms with Gasteiger partial charge in [0.05, 0.1) is 0 Å². The maximum Gasteiger partial charge on any atom is 0.222 e. The summed E-state index contributed by atoms with van der Waals surface area (Å²) < 4.78 is 0. The minimum atomic E-state index is 0.256. The predicted molar refractivity (Wildman–Crippen MR) is 97.7 cm³/mol. The molecular formula is C20H32N2O. The van der Waals surface area contributed by atoms with Crippen molar-refractivity contribution in [3.63, 3.8) is 0 Å². The summed E-state index contributed by atoms with van der Waals surface area (Å²) in [5, 5.41) is 0. The van der Waals surface area contributed by atoms with E-state index in [1.165, 1.54) is 43.6 Å². The molecule has 0 aromatic heterocycles. The Bertz CT molecular complexity index is 477. The van der Waals surface area contributed by atoms with E-state index in [0.29, 0.717) is 18.9 Å². The molecule has 1 fully saturated rings. The highest BCUT2D eigenvalue weighted by Gasteiger charge is 2.14. The van der Waals surface area contributed by atoms with E-state index in [1.54, 1.807) is 0 Å². The largest absolute Gasteiger partial charge is 0.372 e. The van der Waals surface area contributed by atoms with E-state index in [9.17, 15) is 4.79 Å². The summed E-state index contributed by atoms with van der Waals surface area (Å²) in [6, 6.07) is 8.75. The molecule has 23 heavy (non-hydrogen) atoms. The van der Waals surface area contributed by atoms with Crippen LogP contribution in [0.1, 0.15) is 57.9 Å². The fourth-order valence-electron chi connectivity index (χ4n) is 3.38. The maximum atomic E-state index is 12.3. The Balaban J connectivity index is 1.85. The summed E-state index contributed by atoms with van der Waals surface area (Å²) in [4.78, 5) is 16.6. The lowest BCUT2D eigenvalue weighted by Crippen LogP contribution is -2.29. The highest BCUT2D eigenvalue weighted by atomic mass is 16.2. The summed E-state index contributed by atoms with van der Waals surface area (Å²) in [5.41, 5.74) is 2.53. The standard InChI is InChI=1S/C20H32N2O/c1-4-8-17(2)15-20(23)21(3)16-18-9-11-19(12-10-18)22-13-6-5-7-14-22/h9-12,17H,4-8,13-16H2,1-3H3. The number of nitrogens with zero attached hydrogens (tertiary/aromatic N) is 2. The molecule has 0 saturated carbocycles. The number of hydrogen-bond donors (Lipinski definition) is 0. The quantitative estimate of drug-likeness (QED) is 0.741. The van der Waals surface area contributed by atoms with Crippen LogP contribution in [0, 0.1) is 5.92 Å². The molecule has 1 atom stereocenters. The van der Waals surface area contributed by atoms with Crippen molar-refractivity contribution in [3.8, 4) is 0 Å². The van der Waals surface area contributed by atoms with Gasteiger partial charge in [-0.2, -0.15) is 0 Å². The first kappa shape index (κ1) is 17.8. The number of piperidine rings is 1. The van der Waals surface area contributed by atoms with E-state index in [0.717, 1.165) is 12.8 Å². The molecule has 1 aliphatic heterocycles. The predicted octanol–water partition coefficient (Wildman–Crippen LogP) is 4.46. The van der Waals surface area contributed by atoms with Crippen molar-refractivity contribution in [3.05, 3.63) is 29.8 Å². The van der Waals surface area contributed by atoms with Crippen molar-refractivity contribution < 1.29 is 4.79 Å². The van der Waals surface area contributed by atoms with Gasteiger partial charge in [-0.25, -0.2) is 0 Å². The van der Waals surface area contributed by atoms with Crippen molar-refractivity contribution in [1.29, 1.82) is 0 Å². The van der Waals surface area contributed by atoms with E-state index in [1.807, 2.05) is 11.9 Å². The first-order valence-electron chi connectivity index (χ1n) is 9.18. The second-order valence-electron chi connectivity index (χ2n) is 7.06.